The molecule has 0 aromatic heterocycles. The third-order valence-corrected chi connectivity index (χ3v) is 5.83. The number of nitrogens with one attached hydrogen (secondary N) is 1. The lowest BCUT2D eigenvalue weighted by Crippen LogP contribution is -2.54. The lowest BCUT2D eigenvalue weighted by atomic mass is 10.3. The quantitative estimate of drug-likeness (QED) is 0.300. The second-order valence-electron chi connectivity index (χ2n) is 7.33. The second-order valence-corrected chi connectivity index (χ2v) is 9.59. The first-order valence-corrected chi connectivity index (χ1v) is 12.2. The largest absolute Gasteiger partial charge is 0.378 e. The molecule has 0 saturated carbocycles. The average Bonchev–Trinajstić information content (AvgIpc) is 3.18. The van der Waals surface area contributed by atoms with Crippen LogP contribution in [0.5, 0.6) is 0 Å². The van der Waals surface area contributed by atoms with E-state index in [4.69, 9.17) is 4.74 Å². The number of carbonyl (C=O) groups is 1. The van der Waals surface area contributed by atoms with Crippen molar-refractivity contribution in [3.63, 3.8) is 0 Å². The van der Waals surface area contributed by atoms with E-state index in [1.165, 1.54) is 6.26 Å². The third-order valence-electron chi connectivity index (χ3n) is 4.92. The molecule has 10 heteroatoms. The Bertz CT molecular complexity index is 611. The maximum atomic E-state index is 12.3. The smallest absolute Gasteiger partial charge is 0.236 e. The molecule has 2 aliphatic heterocycles. The van der Waals surface area contributed by atoms with E-state index in [1.807, 2.05) is 11.8 Å². The highest BCUT2D eigenvalue weighted by molar-refractivity contribution is 7.90. The second kappa shape index (κ2) is 11.6. The highest BCUT2D eigenvalue weighted by atomic mass is 32.2. The molecule has 0 spiro atoms. The van der Waals surface area contributed by atoms with Crippen LogP contribution >= 0.6 is 0 Å². The molecule has 0 aromatic carbocycles. The van der Waals surface area contributed by atoms with Gasteiger partial charge in [-0.05, 0) is 19.8 Å². The first-order chi connectivity index (χ1) is 13.4. The number of hydrogen-bond acceptors (Lipinski definition) is 6. The molecule has 0 atom stereocenters. The first kappa shape index (κ1) is 22.9. The monoisotopic (exact) mass is 417 g/mol. The van der Waals surface area contributed by atoms with Crippen LogP contribution in [0.2, 0.25) is 0 Å². The number of carbonyl (C=O) groups excluding carboxylic acids is 1. The van der Waals surface area contributed by atoms with E-state index in [-0.39, 0.29) is 18.3 Å². The summed E-state index contributed by atoms with van der Waals surface area (Å²) in [6, 6.07) is 0. The van der Waals surface area contributed by atoms with Crippen molar-refractivity contribution in [3.05, 3.63) is 0 Å². The zero-order chi connectivity index (χ0) is 20.4. The number of piperazine rings is 1. The molecule has 0 aromatic rings. The molecule has 9 nitrogen and oxygen atoms in total. The Balaban J connectivity index is 1.71. The molecule has 1 amide bonds. The van der Waals surface area contributed by atoms with Crippen LogP contribution in [0.3, 0.4) is 0 Å². The third kappa shape index (κ3) is 8.32. The van der Waals surface area contributed by atoms with Crippen LogP contribution < -0.4 is 5.32 Å². The molecule has 0 unspecified atom stereocenters. The Kier molecular flexibility index (Phi) is 9.46. The maximum absolute atomic E-state index is 12.3. The van der Waals surface area contributed by atoms with Crippen LogP contribution in [-0.4, -0.2) is 119 Å². The van der Waals surface area contributed by atoms with Crippen molar-refractivity contribution >= 4 is 21.7 Å². The molecule has 2 rings (SSSR count). The van der Waals surface area contributed by atoms with Gasteiger partial charge in [0.2, 0.25) is 5.91 Å². The Morgan fingerprint density at radius 3 is 2.32 bits per heavy atom. The van der Waals surface area contributed by atoms with Gasteiger partial charge in [-0.1, -0.05) is 0 Å². The molecule has 1 N–H and O–H groups in total. The molecule has 28 heavy (non-hydrogen) atoms. The number of ether oxygens (including phenoxy) is 1. The fraction of sp³-hybridized carbons (Fsp3) is 0.889. The molecule has 0 aliphatic carbocycles. The van der Waals surface area contributed by atoms with E-state index in [2.05, 4.69) is 20.1 Å². The van der Waals surface area contributed by atoms with Gasteiger partial charge in [0.1, 0.15) is 9.84 Å². The predicted molar refractivity (Wildman–Crippen MR) is 110 cm³/mol. The van der Waals surface area contributed by atoms with E-state index in [1.54, 1.807) is 0 Å². The van der Waals surface area contributed by atoms with Crippen LogP contribution in [0, 0.1) is 0 Å². The van der Waals surface area contributed by atoms with Gasteiger partial charge < -0.3 is 19.9 Å². The lowest BCUT2D eigenvalue weighted by Gasteiger charge is -2.36. The minimum Gasteiger partial charge on any atom is -0.378 e. The predicted octanol–water partition coefficient (Wildman–Crippen LogP) is -0.747. The summed E-state index contributed by atoms with van der Waals surface area (Å²) in [6.45, 7) is 9.56. The molecule has 2 fully saturated rings. The highest BCUT2D eigenvalue weighted by Gasteiger charge is 2.24. The summed E-state index contributed by atoms with van der Waals surface area (Å²) >= 11 is 0. The summed E-state index contributed by atoms with van der Waals surface area (Å²) in [5.74, 6) is 1.13. The van der Waals surface area contributed by atoms with Crippen molar-refractivity contribution in [2.75, 3.05) is 84.1 Å². The number of amides is 1. The van der Waals surface area contributed by atoms with Crippen LogP contribution in [0.15, 0.2) is 4.99 Å². The standard InChI is InChI=1S/C18H35N5O4S/c1-3-19-18(20-6-13-27-14-15-28(2,25)26)23-11-9-21(10-12-23)16-17(24)22-7-4-5-8-22/h3-16H2,1-2H3,(H,19,20). The van der Waals surface area contributed by atoms with Gasteiger partial charge in [-0.2, -0.15) is 0 Å². The van der Waals surface area contributed by atoms with E-state index in [9.17, 15) is 13.2 Å². The summed E-state index contributed by atoms with van der Waals surface area (Å²) in [7, 11) is -2.99. The van der Waals surface area contributed by atoms with E-state index in [0.717, 1.165) is 64.6 Å². The van der Waals surface area contributed by atoms with Gasteiger partial charge in [-0.15, -0.1) is 0 Å². The SMILES string of the molecule is CCNC(=NCCOCCS(C)(=O)=O)N1CCN(CC(=O)N2CCCC2)CC1. The molecule has 0 radical (unpaired) electrons. The first-order valence-electron chi connectivity index (χ1n) is 10.2. The zero-order valence-corrected chi connectivity index (χ0v) is 18.0. The van der Waals surface area contributed by atoms with E-state index in [0.29, 0.717) is 19.7 Å². The van der Waals surface area contributed by atoms with Gasteiger partial charge >= 0.3 is 0 Å². The van der Waals surface area contributed by atoms with Crippen molar-refractivity contribution in [1.29, 1.82) is 0 Å². The minimum absolute atomic E-state index is 0.0366. The number of guanidine groups is 1. The Hall–Kier alpha value is -1.39. The van der Waals surface area contributed by atoms with Gasteiger partial charge in [0.05, 0.1) is 32.1 Å². The van der Waals surface area contributed by atoms with Crippen LogP contribution in [0.1, 0.15) is 19.8 Å². The van der Waals surface area contributed by atoms with Crippen LogP contribution in [0.25, 0.3) is 0 Å². The summed E-state index contributed by atoms with van der Waals surface area (Å²) in [6.07, 6.45) is 3.45. The fourth-order valence-electron chi connectivity index (χ4n) is 3.33. The average molecular weight is 418 g/mol. The van der Waals surface area contributed by atoms with Gasteiger partial charge in [0.15, 0.2) is 5.96 Å². The summed E-state index contributed by atoms with van der Waals surface area (Å²) in [5.41, 5.74) is 0. The van der Waals surface area contributed by atoms with E-state index < -0.39 is 9.84 Å². The summed E-state index contributed by atoms with van der Waals surface area (Å²) < 4.78 is 27.5. The number of sulfone groups is 1. The number of hydrogen-bond donors (Lipinski definition) is 1. The zero-order valence-electron chi connectivity index (χ0n) is 17.2. The topological polar surface area (TPSA) is 94.5 Å². The molecule has 2 aliphatic rings. The van der Waals surface area contributed by atoms with Crippen LogP contribution in [-0.2, 0) is 19.4 Å². The maximum Gasteiger partial charge on any atom is 0.236 e. The molecular weight excluding hydrogens is 382 g/mol. The number of rotatable bonds is 9. The molecule has 2 saturated heterocycles. The Morgan fingerprint density at radius 2 is 1.71 bits per heavy atom. The fourth-order valence-corrected chi connectivity index (χ4v) is 3.75. The van der Waals surface area contributed by atoms with Crippen molar-refractivity contribution in [3.8, 4) is 0 Å². The van der Waals surface area contributed by atoms with Gasteiger partial charge in [0.25, 0.3) is 0 Å². The highest BCUT2D eigenvalue weighted by Crippen LogP contribution is 2.09. The van der Waals surface area contributed by atoms with E-state index >= 15 is 0 Å². The molecular formula is C18H35N5O4S. The Morgan fingerprint density at radius 1 is 1.04 bits per heavy atom. The summed E-state index contributed by atoms with van der Waals surface area (Å²) in [5, 5.41) is 3.30. The van der Waals surface area contributed by atoms with Crippen LogP contribution in [0.4, 0.5) is 0 Å². The Labute approximate surface area is 169 Å². The minimum atomic E-state index is -2.99. The molecule has 0 bridgehead atoms. The lowest BCUT2D eigenvalue weighted by molar-refractivity contribution is -0.131. The molecule has 162 valence electrons. The number of aliphatic imine (C=N–C) groups is 1. The van der Waals surface area contributed by atoms with Crippen molar-refractivity contribution in [1.82, 2.24) is 20.0 Å². The number of nitrogens with zero attached hydrogens (tertiary/aromatic N) is 4. The normalized spacial score (nSPS) is 19.3. The molecule has 2 heterocycles. The van der Waals surface area contributed by atoms with Crippen molar-refractivity contribution < 1.29 is 17.9 Å². The van der Waals surface area contributed by atoms with Gasteiger partial charge in [-0.3, -0.25) is 14.7 Å². The van der Waals surface area contributed by atoms with Crippen molar-refractivity contribution in [2.24, 2.45) is 4.99 Å². The number of likely N-dealkylation sites (tertiary alicyclic amines) is 1. The van der Waals surface area contributed by atoms with Gasteiger partial charge in [-0.25, -0.2) is 8.42 Å². The van der Waals surface area contributed by atoms with Gasteiger partial charge in [0, 0.05) is 52.1 Å². The van der Waals surface area contributed by atoms with Crippen molar-refractivity contribution in [2.45, 2.75) is 19.8 Å². The summed E-state index contributed by atoms with van der Waals surface area (Å²) in [4.78, 5) is 23.3.